The Labute approximate surface area is 95.0 Å². The van der Waals surface area contributed by atoms with Crippen molar-refractivity contribution in [3.05, 3.63) is 36.5 Å². The van der Waals surface area contributed by atoms with Crippen LogP contribution in [-0.4, -0.2) is 25.0 Å². The van der Waals surface area contributed by atoms with E-state index in [0.29, 0.717) is 22.6 Å². The molecule has 2 aromatic heterocycles. The zero-order valence-corrected chi connectivity index (χ0v) is 8.55. The van der Waals surface area contributed by atoms with E-state index in [4.69, 9.17) is 0 Å². The van der Waals surface area contributed by atoms with Crippen molar-refractivity contribution in [1.82, 2.24) is 19.9 Å². The first kappa shape index (κ1) is 9.71. The maximum Gasteiger partial charge on any atom is 0.181 e. The lowest BCUT2D eigenvalue weighted by molar-refractivity contribution is 0.469. The first-order chi connectivity index (χ1) is 8.22. The van der Waals surface area contributed by atoms with Gasteiger partial charge in [0.1, 0.15) is 29.2 Å². The van der Waals surface area contributed by atoms with Crippen LogP contribution in [0.15, 0.2) is 30.7 Å². The smallest absolute Gasteiger partial charge is 0.181 e. The summed E-state index contributed by atoms with van der Waals surface area (Å²) in [6, 6.07) is 3.74. The maximum atomic E-state index is 13.1. The van der Waals surface area contributed by atoms with Crippen LogP contribution in [0.5, 0.6) is 5.75 Å². The molecule has 0 saturated carbocycles. The second-order valence-corrected chi connectivity index (χ2v) is 3.54. The van der Waals surface area contributed by atoms with Crippen molar-refractivity contribution in [2.75, 3.05) is 0 Å². The van der Waals surface area contributed by atoms with Gasteiger partial charge in [0, 0.05) is 11.6 Å². The fourth-order valence-electron chi connectivity index (χ4n) is 1.61. The minimum atomic E-state index is -0.522. The number of benzene rings is 1. The molecule has 0 fully saturated rings. The molecule has 0 bridgehead atoms. The lowest BCUT2D eigenvalue weighted by atomic mass is 10.2. The molecule has 0 aliphatic heterocycles. The van der Waals surface area contributed by atoms with E-state index in [1.54, 1.807) is 6.20 Å². The van der Waals surface area contributed by atoms with E-state index in [1.165, 1.54) is 18.5 Å². The molecule has 2 N–H and O–H groups in total. The maximum absolute atomic E-state index is 13.1. The van der Waals surface area contributed by atoms with Crippen LogP contribution in [0.3, 0.4) is 0 Å². The number of aromatic hydroxyl groups is 1. The fraction of sp³-hybridized carbons (Fsp3) is 0. The highest BCUT2D eigenvalue weighted by atomic mass is 19.1. The average molecular weight is 230 g/mol. The molecule has 3 aromatic rings. The molecule has 5 nitrogen and oxygen atoms in total. The Kier molecular flexibility index (Phi) is 2.01. The standard InChI is InChI=1S/C11H7FN4O/c12-7-1-6(2-8(17)3-7)10-15-9-4-13-5-14-11(9)16-10/h1-5,17H,(H,13,14,15,16). The Hall–Kier alpha value is -2.50. The van der Waals surface area contributed by atoms with Gasteiger partial charge in [-0.15, -0.1) is 0 Å². The van der Waals surface area contributed by atoms with Crippen molar-refractivity contribution in [2.45, 2.75) is 0 Å². The number of halogens is 1. The minimum absolute atomic E-state index is 0.147. The Morgan fingerprint density at radius 3 is 2.88 bits per heavy atom. The number of aromatic nitrogens is 4. The van der Waals surface area contributed by atoms with Crippen LogP contribution in [0.2, 0.25) is 0 Å². The highest BCUT2D eigenvalue weighted by molar-refractivity contribution is 5.75. The first-order valence-electron chi connectivity index (χ1n) is 4.88. The Morgan fingerprint density at radius 1 is 1.24 bits per heavy atom. The third-order valence-corrected chi connectivity index (χ3v) is 2.32. The van der Waals surface area contributed by atoms with E-state index in [2.05, 4.69) is 19.9 Å². The van der Waals surface area contributed by atoms with Gasteiger partial charge in [-0.25, -0.2) is 19.3 Å². The van der Waals surface area contributed by atoms with Crippen LogP contribution in [0.4, 0.5) is 4.39 Å². The lowest BCUT2D eigenvalue weighted by Crippen LogP contribution is -1.82. The SMILES string of the molecule is Oc1cc(F)cc(-c2nc3ncncc3[nH]2)c1. The number of H-pyrrole nitrogens is 1. The lowest BCUT2D eigenvalue weighted by Gasteiger charge is -1.98. The van der Waals surface area contributed by atoms with Gasteiger partial charge in [0.25, 0.3) is 0 Å². The van der Waals surface area contributed by atoms with E-state index in [9.17, 15) is 9.50 Å². The summed E-state index contributed by atoms with van der Waals surface area (Å²) in [5, 5.41) is 9.32. The van der Waals surface area contributed by atoms with Crippen molar-refractivity contribution in [2.24, 2.45) is 0 Å². The summed E-state index contributed by atoms with van der Waals surface area (Å²) in [6.45, 7) is 0. The summed E-state index contributed by atoms with van der Waals surface area (Å²) in [5.41, 5.74) is 1.62. The van der Waals surface area contributed by atoms with E-state index >= 15 is 0 Å². The number of aromatic amines is 1. The molecule has 6 heteroatoms. The van der Waals surface area contributed by atoms with Crippen molar-refractivity contribution < 1.29 is 9.50 Å². The monoisotopic (exact) mass is 230 g/mol. The third-order valence-electron chi connectivity index (χ3n) is 2.32. The van der Waals surface area contributed by atoms with Crippen molar-refractivity contribution in [1.29, 1.82) is 0 Å². The second kappa shape index (κ2) is 3.51. The molecule has 0 radical (unpaired) electrons. The number of hydrogen-bond acceptors (Lipinski definition) is 4. The van der Waals surface area contributed by atoms with E-state index in [0.717, 1.165) is 6.07 Å². The molecular formula is C11H7FN4O. The second-order valence-electron chi connectivity index (χ2n) is 3.54. The van der Waals surface area contributed by atoms with Gasteiger partial charge >= 0.3 is 0 Å². The Morgan fingerprint density at radius 2 is 2.12 bits per heavy atom. The summed E-state index contributed by atoms with van der Waals surface area (Å²) in [5.74, 6) is -0.228. The molecule has 1 aromatic carbocycles. The molecule has 0 atom stereocenters. The van der Waals surface area contributed by atoms with Gasteiger partial charge in [-0.3, -0.25) is 0 Å². The first-order valence-corrected chi connectivity index (χ1v) is 4.88. The van der Waals surface area contributed by atoms with Gasteiger partial charge in [-0.1, -0.05) is 0 Å². The number of hydrogen-bond donors (Lipinski definition) is 2. The van der Waals surface area contributed by atoms with Crippen LogP contribution in [0.1, 0.15) is 0 Å². The quantitative estimate of drug-likeness (QED) is 0.669. The van der Waals surface area contributed by atoms with Gasteiger partial charge in [0.2, 0.25) is 0 Å². The molecule has 17 heavy (non-hydrogen) atoms. The minimum Gasteiger partial charge on any atom is -0.508 e. The van der Waals surface area contributed by atoms with Crippen LogP contribution in [0.25, 0.3) is 22.6 Å². The molecule has 0 aliphatic carbocycles. The highest BCUT2D eigenvalue weighted by Crippen LogP contribution is 2.23. The molecule has 0 amide bonds. The van der Waals surface area contributed by atoms with Crippen LogP contribution in [0, 0.1) is 5.82 Å². The number of fused-ring (bicyclic) bond motifs is 1. The van der Waals surface area contributed by atoms with Gasteiger partial charge in [-0.2, -0.15) is 0 Å². The number of nitrogens with zero attached hydrogens (tertiary/aromatic N) is 3. The molecule has 0 saturated heterocycles. The topological polar surface area (TPSA) is 74.7 Å². The molecule has 0 spiro atoms. The largest absolute Gasteiger partial charge is 0.508 e. The van der Waals surface area contributed by atoms with Crippen LogP contribution >= 0.6 is 0 Å². The molecule has 0 unspecified atom stereocenters. The molecule has 2 heterocycles. The van der Waals surface area contributed by atoms with Gasteiger partial charge < -0.3 is 10.1 Å². The summed E-state index contributed by atoms with van der Waals surface area (Å²) < 4.78 is 13.1. The fourth-order valence-corrected chi connectivity index (χ4v) is 1.61. The van der Waals surface area contributed by atoms with Crippen molar-refractivity contribution in [3.8, 4) is 17.1 Å². The predicted octanol–water partition coefficient (Wildman–Crippen LogP) is 1.86. The molecule has 3 rings (SSSR count). The molecular weight excluding hydrogens is 223 g/mol. The van der Waals surface area contributed by atoms with Crippen molar-refractivity contribution >= 4 is 11.2 Å². The van der Waals surface area contributed by atoms with E-state index < -0.39 is 5.82 Å². The number of nitrogens with one attached hydrogen (secondary N) is 1. The predicted molar refractivity (Wildman–Crippen MR) is 58.7 cm³/mol. The number of phenolic OH excluding ortho intramolecular Hbond substituents is 1. The van der Waals surface area contributed by atoms with Crippen LogP contribution < -0.4 is 0 Å². The van der Waals surface area contributed by atoms with Gasteiger partial charge in [0.05, 0.1) is 6.20 Å². The van der Waals surface area contributed by atoms with E-state index in [-0.39, 0.29) is 5.75 Å². The number of phenols is 1. The summed E-state index contributed by atoms with van der Waals surface area (Å²) in [6.07, 6.45) is 2.97. The summed E-state index contributed by atoms with van der Waals surface area (Å²) in [7, 11) is 0. The Bertz CT molecular complexity index is 642. The highest BCUT2D eigenvalue weighted by Gasteiger charge is 2.08. The molecule has 0 aliphatic rings. The summed E-state index contributed by atoms with van der Waals surface area (Å²) >= 11 is 0. The summed E-state index contributed by atoms with van der Waals surface area (Å²) in [4.78, 5) is 14.9. The number of imidazole rings is 1. The van der Waals surface area contributed by atoms with E-state index in [1.807, 2.05) is 0 Å². The Balaban J connectivity index is 2.20. The zero-order chi connectivity index (χ0) is 11.8. The normalized spacial score (nSPS) is 10.9. The number of rotatable bonds is 1. The van der Waals surface area contributed by atoms with Gasteiger partial charge in [0.15, 0.2) is 5.65 Å². The molecule has 84 valence electrons. The zero-order valence-electron chi connectivity index (χ0n) is 8.55. The average Bonchev–Trinajstić information content (AvgIpc) is 2.71. The third kappa shape index (κ3) is 1.69. The van der Waals surface area contributed by atoms with Gasteiger partial charge in [-0.05, 0) is 12.1 Å². The van der Waals surface area contributed by atoms with Crippen molar-refractivity contribution in [3.63, 3.8) is 0 Å². The van der Waals surface area contributed by atoms with Crippen LogP contribution in [-0.2, 0) is 0 Å².